The minimum Gasteiger partial charge on any atom is -0.324 e. The van der Waals surface area contributed by atoms with Crippen LogP contribution < -0.4 is 16.3 Å². The van der Waals surface area contributed by atoms with E-state index >= 15 is 0 Å². The van der Waals surface area contributed by atoms with Crippen LogP contribution in [0.3, 0.4) is 0 Å². The van der Waals surface area contributed by atoms with Gasteiger partial charge in [0.15, 0.2) is 0 Å². The fraction of sp³-hybridized carbons (Fsp3) is 0.615. The summed E-state index contributed by atoms with van der Waals surface area (Å²) in [6.07, 6.45) is 8.65. The van der Waals surface area contributed by atoms with Gasteiger partial charge in [-0.05, 0) is 19.3 Å². The Bertz CT molecular complexity index is 396. The van der Waals surface area contributed by atoms with Crippen LogP contribution in [0.2, 0.25) is 0 Å². The van der Waals surface area contributed by atoms with Crippen molar-refractivity contribution in [2.45, 2.75) is 25.7 Å². The van der Waals surface area contributed by atoms with Gasteiger partial charge in [0.1, 0.15) is 0 Å². The quantitative estimate of drug-likeness (QED) is 0.664. The van der Waals surface area contributed by atoms with E-state index in [0.717, 1.165) is 37.3 Å². The molecule has 18 heavy (non-hydrogen) atoms. The maximum Gasteiger partial charge on any atom is 0.267 e. The first-order valence-corrected chi connectivity index (χ1v) is 6.80. The van der Waals surface area contributed by atoms with Crippen molar-refractivity contribution in [3.8, 4) is 0 Å². The van der Waals surface area contributed by atoms with Crippen LogP contribution in [0.5, 0.6) is 0 Å². The van der Waals surface area contributed by atoms with E-state index in [-0.39, 0.29) is 5.91 Å². The third-order valence-electron chi connectivity index (χ3n) is 3.84. The molecule has 5 heteroatoms. The highest BCUT2D eigenvalue weighted by Gasteiger charge is 2.28. The molecule has 2 aliphatic heterocycles. The summed E-state index contributed by atoms with van der Waals surface area (Å²) in [5, 5.41) is 2.04. The van der Waals surface area contributed by atoms with Crippen LogP contribution in [-0.2, 0) is 4.79 Å². The Morgan fingerprint density at radius 2 is 2.17 bits per heavy atom. The predicted molar refractivity (Wildman–Crippen MR) is 69.0 cm³/mol. The number of nitrogens with one attached hydrogen (secondary N) is 3. The topological polar surface area (TPSA) is 56.4 Å². The van der Waals surface area contributed by atoms with Crippen molar-refractivity contribution >= 4 is 5.91 Å². The van der Waals surface area contributed by atoms with E-state index in [0.29, 0.717) is 5.92 Å². The standard InChI is InChI=1S/C13H20N4O/c18-13(16-17-7-2-1-3-8-17)11-6-4-5-10-9-14-15-12(10)11/h4,6,10,14-15H,1-3,5,7-9H2,(H,16,18). The Hall–Kier alpha value is -1.33. The molecular formula is C13H20N4O. The molecule has 2 fully saturated rings. The van der Waals surface area contributed by atoms with Gasteiger partial charge in [0, 0.05) is 31.2 Å². The van der Waals surface area contributed by atoms with Crippen LogP contribution in [-0.4, -0.2) is 30.6 Å². The molecule has 1 unspecified atom stereocenters. The molecule has 2 heterocycles. The van der Waals surface area contributed by atoms with Crippen LogP contribution in [0, 0.1) is 5.92 Å². The summed E-state index contributed by atoms with van der Waals surface area (Å²) in [5.41, 5.74) is 11.1. The summed E-state index contributed by atoms with van der Waals surface area (Å²) in [7, 11) is 0. The lowest BCUT2D eigenvalue weighted by atomic mass is 9.93. The second-order valence-corrected chi connectivity index (χ2v) is 5.16. The summed E-state index contributed by atoms with van der Waals surface area (Å²) in [4.78, 5) is 12.3. The van der Waals surface area contributed by atoms with Gasteiger partial charge >= 0.3 is 0 Å². The summed E-state index contributed by atoms with van der Waals surface area (Å²) in [6, 6.07) is 0. The average molecular weight is 248 g/mol. The van der Waals surface area contributed by atoms with Gasteiger partial charge in [-0.3, -0.25) is 10.2 Å². The van der Waals surface area contributed by atoms with E-state index in [4.69, 9.17) is 0 Å². The van der Waals surface area contributed by atoms with Gasteiger partial charge in [0.05, 0.1) is 5.57 Å². The highest BCUT2D eigenvalue weighted by atomic mass is 16.2. The van der Waals surface area contributed by atoms with Gasteiger partial charge in [-0.25, -0.2) is 10.4 Å². The zero-order chi connectivity index (χ0) is 12.4. The van der Waals surface area contributed by atoms with Crippen molar-refractivity contribution in [3.63, 3.8) is 0 Å². The summed E-state index contributed by atoms with van der Waals surface area (Å²) < 4.78 is 0. The Morgan fingerprint density at radius 3 is 3.00 bits per heavy atom. The molecule has 0 spiro atoms. The lowest BCUT2D eigenvalue weighted by Crippen LogP contribution is -2.46. The lowest BCUT2D eigenvalue weighted by Gasteiger charge is -2.27. The van der Waals surface area contributed by atoms with Gasteiger partial charge in [-0.1, -0.05) is 18.6 Å². The van der Waals surface area contributed by atoms with Gasteiger partial charge in [0.2, 0.25) is 0 Å². The minimum absolute atomic E-state index is 0.0176. The molecule has 5 nitrogen and oxygen atoms in total. The Kier molecular flexibility index (Phi) is 3.34. The Labute approximate surface area is 107 Å². The van der Waals surface area contributed by atoms with Crippen molar-refractivity contribution in [3.05, 3.63) is 23.4 Å². The van der Waals surface area contributed by atoms with Crippen LogP contribution in [0.4, 0.5) is 0 Å². The van der Waals surface area contributed by atoms with E-state index in [2.05, 4.69) is 22.4 Å². The molecule has 1 amide bonds. The summed E-state index contributed by atoms with van der Waals surface area (Å²) >= 11 is 0. The SMILES string of the molecule is O=C(NN1CCCCC1)C1=C2NNCC2CC=C1. The molecule has 3 aliphatic rings. The van der Waals surface area contributed by atoms with E-state index in [9.17, 15) is 4.79 Å². The first-order valence-electron chi connectivity index (χ1n) is 6.80. The molecule has 1 atom stereocenters. The predicted octanol–water partition coefficient (Wildman–Crippen LogP) is 0.441. The maximum absolute atomic E-state index is 12.3. The van der Waals surface area contributed by atoms with Crippen molar-refractivity contribution < 1.29 is 4.79 Å². The lowest BCUT2D eigenvalue weighted by molar-refractivity contribution is -0.122. The number of piperidine rings is 1. The van der Waals surface area contributed by atoms with Crippen LogP contribution in [0.15, 0.2) is 23.4 Å². The van der Waals surface area contributed by atoms with Crippen molar-refractivity contribution in [2.24, 2.45) is 5.92 Å². The monoisotopic (exact) mass is 248 g/mol. The van der Waals surface area contributed by atoms with Crippen molar-refractivity contribution in [1.29, 1.82) is 0 Å². The molecule has 1 aliphatic carbocycles. The molecule has 3 N–H and O–H groups in total. The van der Waals surface area contributed by atoms with Crippen LogP contribution in [0.1, 0.15) is 25.7 Å². The fourth-order valence-electron chi connectivity index (χ4n) is 2.81. The number of hydrazine groups is 2. The van der Waals surface area contributed by atoms with E-state index in [1.54, 1.807) is 0 Å². The molecule has 3 rings (SSSR count). The van der Waals surface area contributed by atoms with Crippen molar-refractivity contribution in [2.75, 3.05) is 19.6 Å². The molecular weight excluding hydrogens is 228 g/mol. The number of allylic oxidation sites excluding steroid dienone is 1. The molecule has 0 aromatic rings. The molecule has 0 aromatic heterocycles. The van der Waals surface area contributed by atoms with Crippen molar-refractivity contribution in [1.82, 2.24) is 21.3 Å². The van der Waals surface area contributed by atoms with Gasteiger partial charge < -0.3 is 5.43 Å². The van der Waals surface area contributed by atoms with Gasteiger partial charge in [-0.2, -0.15) is 0 Å². The smallest absolute Gasteiger partial charge is 0.267 e. The number of amides is 1. The summed E-state index contributed by atoms with van der Waals surface area (Å²) in [6.45, 7) is 2.83. The second-order valence-electron chi connectivity index (χ2n) is 5.16. The average Bonchev–Trinajstić information content (AvgIpc) is 2.87. The molecule has 0 saturated carbocycles. The van der Waals surface area contributed by atoms with Crippen LogP contribution in [0.25, 0.3) is 0 Å². The number of rotatable bonds is 2. The first kappa shape index (κ1) is 11.7. The first-order chi connectivity index (χ1) is 8.84. The number of fused-ring (bicyclic) bond motifs is 1. The minimum atomic E-state index is 0.0176. The second kappa shape index (κ2) is 5.12. The molecule has 0 aromatic carbocycles. The summed E-state index contributed by atoms with van der Waals surface area (Å²) in [5.74, 6) is 0.446. The highest BCUT2D eigenvalue weighted by Crippen LogP contribution is 2.25. The van der Waals surface area contributed by atoms with E-state index < -0.39 is 0 Å². The largest absolute Gasteiger partial charge is 0.324 e. The number of nitrogens with zero attached hydrogens (tertiary/aromatic N) is 1. The van der Waals surface area contributed by atoms with Crippen LogP contribution >= 0.6 is 0 Å². The highest BCUT2D eigenvalue weighted by molar-refractivity contribution is 5.97. The molecule has 0 bridgehead atoms. The van der Waals surface area contributed by atoms with Gasteiger partial charge in [0.25, 0.3) is 5.91 Å². The number of hydrogen-bond donors (Lipinski definition) is 3. The number of carbonyl (C=O) groups is 1. The third kappa shape index (κ3) is 2.28. The fourth-order valence-corrected chi connectivity index (χ4v) is 2.81. The number of hydrogen-bond acceptors (Lipinski definition) is 4. The normalized spacial score (nSPS) is 27.9. The molecule has 0 radical (unpaired) electrons. The zero-order valence-corrected chi connectivity index (χ0v) is 10.5. The maximum atomic E-state index is 12.3. The molecule has 2 saturated heterocycles. The Balaban J connectivity index is 1.69. The molecule has 98 valence electrons. The van der Waals surface area contributed by atoms with E-state index in [1.165, 1.54) is 19.3 Å². The number of carbonyl (C=O) groups excluding carboxylic acids is 1. The van der Waals surface area contributed by atoms with Gasteiger partial charge in [-0.15, -0.1) is 0 Å². The zero-order valence-electron chi connectivity index (χ0n) is 10.5. The Morgan fingerprint density at radius 1 is 1.33 bits per heavy atom. The van der Waals surface area contributed by atoms with E-state index in [1.807, 2.05) is 11.1 Å². The third-order valence-corrected chi connectivity index (χ3v) is 3.84.